The van der Waals surface area contributed by atoms with Gasteiger partial charge in [-0.3, -0.25) is 10.1 Å². The lowest BCUT2D eigenvalue weighted by Gasteiger charge is -2.43. The van der Waals surface area contributed by atoms with Crippen LogP contribution in [0.25, 0.3) is 0 Å². The maximum absolute atomic E-state index is 11.3. The van der Waals surface area contributed by atoms with Crippen molar-refractivity contribution in [2.24, 2.45) is 17.8 Å². The largest absolute Gasteiger partial charge is 0.478 e. The van der Waals surface area contributed by atoms with Crippen LogP contribution in [-0.2, 0) is 0 Å². The van der Waals surface area contributed by atoms with Crippen LogP contribution in [0.4, 0.5) is 11.4 Å². The number of benzene rings is 2. The van der Waals surface area contributed by atoms with Crippen LogP contribution in [-0.4, -0.2) is 16.0 Å². The van der Waals surface area contributed by atoms with Crippen LogP contribution in [0.15, 0.2) is 36.4 Å². The highest BCUT2D eigenvalue weighted by Gasteiger charge is 2.54. The van der Waals surface area contributed by atoms with Crippen LogP contribution in [0.3, 0.4) is 0 Å². The van der Waals surface area contributed by atoms with E-state index in [1.807, 2.05) is 12.1 Å². The number of carboxylic acids is 1. The van der Waals surface area contributed by atoms with Crippen molar-refractivity contribution in [1.82, 2.24) is 0 Å². The second-order valence-electron chi connectivity index (χ2n) is 8.13. The highest BCUT2D eigenvalue weighted by Crippen LogP contribution is 2.64. The van der Waals surface area contributed by atoms with Gasteiger partial charge < -0.3 is 10.4 Å². The molecule has 7 heteroatoms. The first-order valence-electron chi connectivity index (χ1n) is 9.51. The lowest BCUT2D eigenvalue weighted by Crippen LogP contribution is -2.35. The van der Waals surface area contributed by atoms with Crippen LogP contribution in [0, 0.1) is 27.9 Å². The Kier molecular flexibility index (Phi) is 3.88. The van der Waals surface area contributed by atoms with Crippen molar-refractivity contribution in [2.75, 3.05) is 5.32 Å². The molecule has 0 aromatic heterocycles. The molecule has 2 saturated carbocycles. The van der Waals surface area contributed by atoms with Gasteiger partial charge in [0.25, 0.3) is 5.69 Å². The predicted octanol–water partition coefficient (Wildman–Crippen LogP) is 5.24. The Balaban J connectivity index is 1.62. The summed E-state index contributed by atoms with van der Waals surface area (Å²) in [5.41, 5.74) is 3.09. The number of nitro benzene ring substituents is 1. The number of aromatic carboxylic acids is 1. The molecule has 2 aromatic rings. The predicted molar refractivity (Wildman–Crippen MR) is 105 cm³/mol. The second-order valence-corrected chi connectivity index (χ2v) is 8.54. The highest BCUT2D eigenvalue weighted by atomic mass is 35.5. The van der Waals surface area contributed by atoms with Crippen LogP contribution in [0.2, 0.25) is 5.02 Å². The molecule has 2 fully saturated rings. The number of carbonyl (C=O) groups is 1. The summed E-state index contributed by atoms with van der Waals surface area (Å²) in [6.45, 7) is 0. The molecule has 0 saturated heterocycles. The summed E-state index contributed by atoms with van der Waals surface area (Å²) in [6, 6.07) is 10.1. The first kappa shape index (κ1) is 17.5. The van der Waals surface area contributed by atoms with Crippen molar-refractivity contribution in [3.63, 3.8) is 0 Å². The number of fused-ring (bicyclic) bond motifs is 7. The Morgan fingerprint density at radius 3 is 2.57 bits per heavy atom. The molecule has 1 aliphatic heterocycles. The number of anilines is 1. The number of nitrogens with zero attached hydrogens (tertiary/aromatic N) is 1. The molecule has 2 aromatic carbocycles. The van der Waals surface area contributed by atoms with Gasteiger partial charge in [0.2, 0.25) is 0 Å². The number of non-ortho nitro benzene ring substituents is 1. The Labute approximate surface area is 166 Å². The minimum atomic E-state index is -0.943. The molecule has 5 rings (SSSR count). The first-order chi connectivity index (χ1) is 13.4. The van der Waals surface area contributed by atoms with Gasteiger partial charge in [-0.25, -0.2) is 4.79 Å². The molecule has 3 aliphatic rings. The summed E-state index contributed by atoms with van der Waals surface area (Å²) in [6.07, 6.45) is 3.46. The zero-order chi connectivity index (χ0) is 19.6. The van der Waals surface area contributed by atoms with Crippen LogP contribution >= 0.6 is 11.6 Å². The maximum Gasteiger partial charge on any atom is 0.335 e. The molecule has 2 N–H and O–H groups in total. The Morgan fingerprint density at radius 1 is 1.18 bits per heavy atom. The van der Waals surface area contributed by atoms with Gasteiger partial charge in [0.15, 0.2) is 0 Å². The number of halogens is 1. The third-order valence-corrected chi connectivity index (χ3v) is 7.16. The summed E-state index contributed by atoms with van der Waals surface area (Å²) in [7, 11) is 0. The summed E-state index contributed by atoms with van der Waals surface area (Å²) in [4.78, 5) is 22.1. The molecule has 5 atom stereocenters. The lowest BCUT2D eigenvalue weighted by molar-refractivity contribution is -0.384. The van der Waals surface area contributed by atoms with Crippen molar-refractivity contribution in [1.29, 1.82) is 0 Å². The molecule has 28 heavy (non-hydrogen) atoms. The Bertz CT molecular complexity index is 991. The molecular formula is C21H19ClN2O4. The van der Waals surface area contributed by atoms with Gasteiger partial charge in [-0.1, -0.05) is 23.7 Å². The third-order valence-electron chi connectivity index (χ3n) is 6.86. The molecule has 144 valence electrons. The van der Waals surface area contributed by atoms with E-state index in [0.29, 0.717) is 22.8 Å². The van der Waals surface area contributed by atoms with Crippen molar-refractivity contribution in [3.05, 3.63) is 68.2 Å². The average Bonchev–Trinajstić information content (AvgIpc) is 3.30. The molecule has 2 aliphatic carbocycles. The smallest absolute Gasteiger partial charge is 0.335 e. The topological polar surface area (TPSA) is 92.5 Å². The van der Waals surface area contributed by atoms with Crippen LogP contribution < -0.4 is 5.32 Å². The number of nitro groups is 1. The van der Waals surface area contributed by atoms with Crippen LogP contribution in [0.5, 0.6) is 0 Å². The van der Waals surface area contributed by atoms with E-state index >= 15 is 0 Å². The van der Waals surface area contributed by atoms with E-state index in [-0.39, 0.29) is 28.1 Å². The van der Waals surface area contributed by atoms with E-state index in [0.717, 1.165) is 29.7 Å². The minimum Gasteiger partial charge on any atom is -0.478 e. The first-order valence-corrected chi connectivity index (χ1v) is 9.89. The molecule has 2 bridgehead atoms. The second kappa shape index (κ2) is 6.21. The summed E-state index contributed by atoms with van der Waals surface area (Å²) in [5, 5.41) is 24.4. The zero-order valence-electron chi connectivity index (χ0n) is 15.0. The van der Waals surface area contributed by atoms with Gasteiger partial charge in [0, 0.05) is 12.1 Å². The molecular weight excluding hydrogens is 380 g/mol. The third kappa shape index (κ3) is 2.51. The maximum atomic E-state index is 11.3. The molecule has 6 nitrogen and oxygen atoms in total. The molecule has 1 heterocycles. The van der Waals surface area contributed by atoms with Crippen LogP contribution in [0.1, 0.15) is 52.7 Å². The van der Waals surface area contributed by atoms with Gasteiger partial charge >= 0.3 is 5.97 Å². The SMILES string of the molecule is O=C(O)c1ccc([C@@H]2Nc3c(Cl)cc([N+](=O)[O-])cc3[C@H]3[C@H]4CC[C@@H](C4)[C@H]32)cc1. The molecule has 0 amide bonds. The van der Waals surface area contributed by atoms with E-state index in [1.165, 1.54) is 12.5 Å². The lowest BCUT2D eigenvalue weighted by atomic mass is 9.68. The fourth-order valence-electron chi connectivity index (χ4n) is 5.80. The normalized spacial score (nSPS) is 29.7. The number of carboxylic acid groups (broad SMARTS) is 1. The Morgan fingerprint density at radius 2 is 1.89 bits per heavy atom. The molecule has 0 radical (unpaired) electrons. The number of hydrogen-bond acceptors (Lipinski definition) is 4. The summed E-state index contributed by atoms with van der Waals surface area (Å²) in [5.74, 6) is 0.728. The minimum absolute atomic E-state index is 0.0228. The van der Waals surface area contributed by atoms with E-state index in [2.05, 4.69) is 5.32 Å². The number of hydrogen-bond donors (Lipinski definition) is 2. The highest BCUT2D eigenvalue weighted by molar-refractivity contribution is 6.33. The number of nitrogens with one attached hydrogen (secondary N) is 1. The van der Waals surface area contributed by atoms with Crippen molar-refractivity contribution < 1.29 is 14.8 Å². The van der Waals surface area contributed by atoms with Crippen molar-refractivity contribution in [2.45, 2.75) is 31.2 Å². The van der Waals surface area contributed by atoms with E-state index in [9.17, 15) is 20.0 Å². The van der Waals surface area contributed by atoms with Gasteiger partial charge in [-0.2, -0.15) is 0 Å². The average molecular weight is 399 g/mol. The molecule has 0 unspecified atom stereocenters. The van der Waals surface area contributed by atoms with Gasteiger partial charge in [-0.05, 0) is 66.2 Å². The summed E-state index contributed by atoms with van der Waals surface area (Å²) >= 11 is 6.46. The number of rotatable bonds is 3. The van der Waals surface area contributed by atoms with E-state index in [1.54, 1.807) is 18.2 Å². The fourth-order valence-corrected chi connectivity index (χ4v) is 6.08. The summed E-state index contributed by atoms with van der Waals surface area (Å²) < 4.78 is 0. The Hall–Kier alpha value is -2.60. The van der Waals surface area contributed by atoms with E-state index in [4.69, 9.17) is 11.6 Å². The van der Waals surface area contributed by atoms with Gasteiger partial charge in [0.05, 0.1) is 27.2 Å². The standard InChI is InChI=1S/C21H19ClN2O4/c22-16-9-14(24(27)28)8-15-17-12-5-6-13(7-12)18(17)19(23-20(15)16)10-1-3-11(4-2-10)21(25)26/h1-4,8-9,12-13,17-19,23H,5-7H2,(H,25,26)/t12-,13-,17+,18+,19-/m0/s1. The quantitative estimate of drug-likeness (QED) is 0.544. The fraction of sp³-hybridized carbons (Fsp3) is 0.381. The van der Waals surface area contributed by atoms with Gasteiger partial charge in [-0.15, -0.1) is 0 Å². The monoisotopic (exact) mass is 398 g/mol. The van der Waals surface area contributed by atoms with Gasteiger partial charge in [0.1, 0.15) is 0 Å². The molecule has 0 spiro atoms. The van der Waals surface area contributed by atoms with Crippen molar-refractivity contribution in [3.8, 4) is 0 Å². The van der Waals surface area contributed by atoms with E-state index < -0.39 is 5.97 Å². The zero-order valence-corrected chi connectivity index (χ0v) is 15.7. The van der Waals surface area contributed by atoms with Crippen molar-refractivity contribution >= 4 is 28.9 Å².